The molecular weight excluding hydrogens is 260 g/mol. The minimum absolute atomic E-state index is 0.173. The van der Waals surface area contributed by atoms with Gasteiger partial charge in [0, 0.05) is 23.6 Å². The predicted molar refractivity (Wildman–Crippen MR) is 71.6 cm³/mol. The van der Waals surface area contributed by atoms with E-state index in [1.54, 1.807) is 0 Å². The first-order valence-electron chi connectivity index (χ1n) is 5.95. The highest BCUT2D eigenvalue weighted by Crippen LogP contribution is 2.29. The van der Waals surface area contributed by atoms with E-state index >= 15 is 0 Å². The Labute approximate surface area is 111 Å². The fraction of sp³-hybridized carbons (Fsp3) is 0.818. The number of amides is 3. The molecule has 0 aromatic rings. The first-order valence-corrected chi connectivity index (χ1v) is 7.53. The third-order valence-electron chi connectivity index (χ3n) is 2.72. The number of thioether (sulfide) groups is 1. The summed E-state index contributed by atoms with van der Waals surface area (Å²) in [4.78, 5) is 22.7. The topological polar surface area (TPSA) is 58.2 Å². The van der Waals surface area contributed by atoms with Gasteiger partial charge in [-0.15, -0.1) is 11.6 Å². The standard InChI is InChI=1S/C11H19ClN2O2S/c1-2-17-9-5-3-4-8(9)13-11(16)14-10(15)6-7-12/h8-9H,2-7H2,1H3,(H2,13,14,15,16). The summed E-state index contributed by atoms with van der Waals surface area (Å²) >= 11 is 7.29. The number of carbonyl (C=O) groups excluding carboxylic acids is 2. The quantitative estimate of drug-likeness (QED) is 0.758. The van der Waals surface area contributed by atoms with Gasteiger partial charge in [0.1, 0.15) is 0 Å². The lowest BCUT2D eigenvalue weighted by Crippen LogP contribution is -2.46. The van der Waals surface area contributed by atoms with Crippen LogP contribution in [0.25, 0.3) is 0 Å². The fourth-order valence-electron chi connectivity index (χ4n) is 1.98. The Morgan fingerprint density at radius 2 is 2.18 bits per heavy atom. The number of nitrogens with one attached hydrogen (secondary N) is 2. The average molecular weight is 279 g/mol. The number of urea groups is 1. The van der Waals surface area contributed by atoms with E-state index < -0.39 is 6.03 Å². The summed E-state index contributed by atoms with van der Waals surface area (Å²) < 4.78 is 0. The van der Waals surface area contributed by atoms with Gasteiger partial charge < -0.3 is 5.32 Å². The van der Waals surface area contributed by atoms with Crippen LogP contribution in [0.15, 0.2) is 0 Å². The van der Waals surface area contributed by atoms with Gasteiger partial charge in [-0.3, -0.25) is 10.1 Å². The van der Waals surface area contributed by atoms with E-state index in [2.05, 4.69) is 17.6 Å². The average Bonchev–Trinajstić information content (AvgIpc) is 2.66. The van der Waals surface area contributed by atoms with Crippen LogP contribution in [-0.2, 0) is 4.79 Å². The summed E-state index contributed by atoms with van der Waals surface area (Å²) in [6.07, 6.45) is 3.44. The molecule has 1 fully saturated rings. The Bertz CT molecular complexity index is 276. The van der Waals surface area contributed by atoms with Gasteiger partial charge in [0.25, 0.3) is 0 Å². The van der Waals surface area contributed by atoms with Crippen molar-refractivity contribution in [2.75, 3.05) is 11.6 Å². The first-order chi connectivity index (χ1) is 8.17. The van der Waals surface area contributed by atoms with Crippen LogP contribution >= 0.6 is 23.4 Å². The first kappa shape index (κ1) is 14.6. The number of imide groups is 1. The van der Waals surface area contributed by atoms with E-state index in [1.807, 2.05) is 11.8 Å². The highest BCUT2D eigenvalue weighted by Gasteiger charge is 2.28. The Kier molecular flexibility index (Phi) is 6.73. The van der Waals surface area contributed by atoms with Crippen molar-refractivity contribution < 1.29 is 9.59 Å². The summed E-state index contributed by atoms with van der Waals surface area (Å²) in [7, 11) is 0. The lowest BCUT2D eigenvalue weighted by molar-refractivity contribution is -0.119. The van der Waals surface area contributed by atoms with Gasteiger partial charge >= 0.3 is 6.03 Å². The van der Waals surface area contributed by atoms with Crippen LogP contribution < -0.4 is 10.6 Å². The highest BCUT2D eigenvalue weighted by atomic mass is 35.5. The molecule has 2 unspecified atom stereocenters. The normalized spacial score (nSPS) is 23.4. The van der Waals surface area contributed by atoms with Crippen LogP contribution in [0.4, 0.5) is 4.79 Å². The molecule has 1 aliphatic carbocycles. The lowest BCUT2D eigenvalue weighted by atomic mass is 10.2. The summed E-state index contributed by atoms with van der Waals surface area (Å²) in [5.74, 6) is 0.960. The number of hydrogen-bond acceptors (Lipinski definition) is 3. The van der Waals surface area contributed by atoms with Gasteiger partial charge in [-0.2, -0.15) is 11.8 Å². The van der Waals surface area contributed by atoms with E-state index in [9.17, 15) is 9.59 Å². The van der Waals surface area contributed by atoms with Crippen molar-refractivity contribution in [1.29, 1.82) is 0 Å². The monoisotopic (exact) mass is 278 g/mol. The van der Waals surface area contributed by atoms with E-state index in [4.69, 9.17) is 11.6 Å². The number of alkyl halides is 1. The second-order valence-electron chi connectivity index (χ2n) is 3.99. The second-order valence-corrected chi connectivity index (χ2v) is 5.89. The summed E-state index contributed by atoms with van der Waals surface area (Å²) in [5, 5.41) is 5.64. The molecule has 0 spiro atoms. The zero-order valence-corrected chi connectivity index (χ0v) is 11.6. The van der Waals surface area contributed by atoms with Crippen LogP contribution in [0, 0.1) is 0 Å². The molecule has 4 nitrogen and oxygen atoms in total. The summed E-state index contributed by atoms with van der Waals surface area (Å²) in [6, 6.07) is -0.211. The third kappa shape index (κ3) is 5.17. The van der Waals surface area contributed by atoms with Crippen LogP contribution in [-0.4, -0.2) is 34.9 Å². The van der Waals surface area contributed by atoms with Gasteiger partial charge in [-0.05, 0) is 18.6 Å². The molecule has 2 N–H and O–H groups in total. The van der Waals surface area contributed by atoms with E-state index in [0.29, 0.717) is 5.25 Å². The molecule has 1 aliphatic rings. The maximum absolute atomic E-state index is 11.5. The minimum atomic E-state index is -0.395. The smallest absolute Gasteiger partial charge is 0.321 e. The van der Waals surface area contributed by atoms with Gasteiger partial charge in [0.05, 0.1) is 0 Å². The van der Waals surface area contributed by atoms with Crippen molar-refractivity contribution in [3.05, 3.63) is 0 Å². The Morgan fingerprint density at radius 3 is 2.82 bits per heavy atom. The highest BCUT2D eigenvalue weighted by molar-refractivity contribution is 7.99. The number of halogens is 1. The molecule has 0 bridgehead atoms. The number of carbonyl (C=O) groups is 2. The Balaban J connectivity index is 2.32. The van der Waals surface area contributed by atoms with Crippen molar-refractivity contribution in [3.63, 3.8) is 0 Å². The molecule has 0 radical (unpaired) electrons. The molecule has 1 rings (SSSR count). The lowest BCUT2D eigenvalue weighted by Gasteiger charge is -2.20. The Morgan fingerprint density at radius 1 is 1.41 bits per heavy atom. The molecule has 0 saturated heterocycles. The van der Waals surface area contributed by atoms with E-state index in [0.717, 1.165) is 25.0 Å². The maximum atomic E-state index is 11.5. The number of hydrogen-bond donors (Lipinski definition) is 2. The van der Waals surface area contributed by atoms with Crippen molar-refractivity contribution in [2.45, 2.75) is 43.9 Å². The SMILES string of the molecule is CCSC1CCCC1NC(=O)NC(=O)CCCl. The number of rotatable bonds is 5. The molecule has 2 atom stereocenters. The third-order valence-corrected chi connectivity index (χ3v) is 4.24. The molecular formula is C11H19ClN2O2S. The van der Waals surface area contributed by atoms with Crippen LogP contribution in [0.1, 0.15) is 32.6 Å². The van der Waals surface area contributed by atoms with Crippen LogP contribution in [0.2, 0.25) is 0 Å². The van der Waals surface area contributed by atoms with Crippen molar-refractivity contribution in [2.24, 2.45) is 0 Å². The molecule has 6 heteroatoms. The van der Waals surface area contributed by atoms with Gasteiger partial charge in [0.15, 0.2) is 0 Å². The summed E-state index contributed by atoms with van der Waals surface area (Å²) in [6.45, 7) is 2.12. The van der Waals surface area contributed by atoms with Crippen molar-refractivity contribution in [3.8, 4) is 0 Å². The van der Waals surface area contributed by atoms with E-state index in [-0.39, 0.29) is 24.2 Å². The molecule has 17 heavy (non-hydrogen) atoms. The van der Waals surface area contributed by atoms with Crippen LogP contribution in [0.5, 0.6) is 0 Å². The second kappa shape index (κ2) is 7.82. The summed E-state index contributed by atoms with van der Waals surface area (Å²) in [5.41, 5.74) is 0. The van der Waals surface area contributed by atoms with Crippen molar-refractivity contribution in [1.82, 2.24) is 10.6 Å². The zero-order valence-electron chi connectivity index (χ0n) is 10.0. The minimum Gasteiger partial charge on any atom is -0.334 e. The van der Waals surface area contributed by atoms with Crippen LogP contribution in [0.3, 0.4) is 0 Å². The van der Waals surface area contributed by atoms with Gasteiger partial charge in [-0.1, -0.05) is 13.3 Å². The van der Waals surface area contributed by atoms with Gasteiger partial charge in [-0.25, -0.2) is 4.79 Å². The van der Waals surface area contributed by atoms with Gasteiger partial charge in [0.2, 0.25) is 5.91 Å². The molecule has 3 amide bonds. The van der Waals surface area contributed by atoms with E-state index in [1.165, 1.54) is 0 Å². The predicted octanol–water partition coefficient (Wildman–Crippen LogP) is 2.12. The molecule has 1 saturated carbocycles. The largest absolute Gasteiger partial charge is 0.334 e. The Hall–Kier alpha value is -0.420. The molecule has 0 heterocycles. The molecule has 0 aromatic heterocycles. The zero-order chi connectivity index (χ0) is 12.7. The maximum Gasteiger partial charge on any atom is 0.321 e. The molecule has 0 aromatic carbocycles. The fourth-order valence-corrected chi connectivity index (χ4v) is 3.35. The molecule has 98 valence electrons. The van der Waals surface area contributed by atoms with Crippen molar-refractivity contribution >= 4 is 35.3 Å². The molecule has 0 aliphatic heterocycles.